The second-order valence-electron chi connectivity index (χ2n) is 11.2. The van der Waals surface area contributed by atoms with E-state index in [9.17, 15) is 24.0 Å². The van der Waals surface area contributed by atoms with Crippen molar-refractivity contribution >= 4 is 46.6 Å². The van der Waals surface area contributed by atoms with Crippen molar-refractivity contribution in [3.05, 3.63) is 18.6 Å². The fraction of sp³-hybridized carbons (Fsp3) is 0.600. The number of likely N-dealkylation sites (N-methyl/N-ethyl adjacent to an activating group) is 1. The zero-order valence-corrected chi connectivity index (χ0v) is 26.3. The first kappa shape index (κ1) is 34.7. The van der Waals surface area contributed by atoms with Gasteiger partial charge >= 0.3 is 23.9 Å². The lowest BCUT2D eigenvalue weighted by Gasteiger charge is -2.42. The number of carbonyl (C=O) groups excluding carboxylic acids is 5. The molecule has 1 unspecified atom stereocenters. The van der Waals surface area contributed by atoms with Gasteiger partial charge in [-0.25, -0.2) is 9.97 Å². The summed E-state index contributed by atoms with van der Waals surface area (Å²) in [6.45, 7) is 6.67. The number of anilines is 1. The number of carbonyl (C=O) groups is 5. The van der Waals surface area contributed by atoms with Crippen molar-refractivity contribution in [3.8, 4) is 6.07 Å². The van der Waals surface area contributed by atoms with E-state index in [4.69, 9.17) is 24.2 Å². The van der Waals surface area contributed by atoms with E-state index in [0.717, 1.165) is 11.8 Å². The predicted octanol–water partition coefficient (Wildman–Crippen LogP) is 1.97. The van der Waals surface area contributed by atoms with Crippen molar-refractivity contribution in [2.45, 2.75) is 72.3 Å². The summed E-state index contributed by atoms with van der Waals surface area (Å²) in [4.78, 5) is 72.2. The number of rotatable bonds is 14. The Bertz CT molecular complexity index is 1400. The Labute approximate surface area is 261 Å². The van der Waals surface area contributed by atoms with Crippen LogP contribution in [0.5, 0.6) is 0 Å². The molecule has 2 aromatic heterocycles. The van der Waals surface area contributed by atoms with Crippen LogP contribution in [0.25, 0.3) is 11.0 Å². The van der Waals surface area contributed by atoms with Crippen molar-refractivity contribution in [2.75, 3.05) is 38.3 Å². The van der Waals surface area contributed by atoms with Gasteiger partial charge in [-0.15, -0.1) is 0 Å². The van der Waals surface area contributed by atoms with E-state index >= 15 is 0 Å². The minimum absolute atomic E-state index is 0.0209. The van der Waals surface area contributed by atoms with E-state index in [0.29, 0.717) is 24.6 Å². The molecular formula is C30H40N6O9. The first-order valence-electron chi connectivity index (χ1n) is 14.7. The molecule has 15 heteroatoms. The van der Waals surface area contributed by atoms with Crippen LogP contribution in [0.1, 0.15) is 53.4 Å². The van der Waals surface area contributed by atoms with Crippen LogP contribution < -0.4 is 4.90 Å². The fourth-order valence-electron chi connectivity index (χ4n) is 5.10. The van der Waals surface area contributed by atoms with Crippen LogP contribution in [-0.2, 0) is 49.7 Å². The number of piperidine rings is 1. The van der Waals surface area contributed by atoms with E-state index in [1.807, 2.05) is 24.1 Å². The SMILES string of the molecule is CC(=O)OCC(COC(C)=O)OC(=O)CC(C)CC(=O)OCn1ccc2c(N(C)[C@H]3CN(C(=O)CC#N)CC[C@H]3C)ncnc21. The third-order valence-electron chi connectivity index (χ3n) is 7.51. The van der Waals surface area contributed by atoms with Crippen LogP contribution in [-0.4, -0.2) is 94.7 Å². The number of nitrogens with zero attached hydrogens (tertiary/aromatic N) is 6. The molecule has 1 amide bonds. The number of aromatic nitrogens is 3. The summed E-state index contributed by atoms with van der Waals surface area (Å²) in [6.07, 6.45) is 2.69. The maximum atomic E-state index is 12.6. The number of ether oxygens (including phenoxy) is 4. The molecule has 1 aliphatic rings. The Hall–Kier alpha value is -4.74. The molecule has 2 aromatic rings. The minimum atomic E-state index is -0.969. The molecule has 0 aliphatic carbocycles. The molecule has 0 saturated carbocycles. The lowest BCUT2D eigenvalue weighted by atomic mass is 9.92. The number of hydrogen-bond acceptors (Lipinski definition) is 13. The maximum Gasteiger partial charge on any atom is 0.307 e. The average Bonchev–Trinajstić information content (AvgIpc) is 3.40. The second kappa shape index (κ2) is 16.4. The summed E-state index contributed by atoms with van der Waals surface area (Å²) >= 11 is 0. The Morgan fingerprint density at radius 2 is 1.73 bits per heavy atom. The van der Waals surface area contributed by atoms with Gasteiger partial charge in [0.15, 0.2) is 12.8 Å². The third-order valence-corrected chi connectivity index (χ3v) is 7.51. The first-order valence-corrected chi connectivity index (χ1v) is 14.7. The summed E-state index contributed by atoms with van der Waals surface area (Å²) in [5.41, 5.74) is 0.559. The summed E-state index contributed by atoms with van der Waals surface area (Å²) in [5, 5.41) is 9.68. The van der Waals surface area contributed by atoms with Crippen LogP contribution in [0.15, 0.2) is 18.6 Å². The van der Waals surface area contributed by atoms with Gasteiger partial charge in [-0.2, -0.15) is 5.26 Å². The highest BCUT2D eigenvalue weighted by atomic mass is 16.6. The van der Waals surface area contributed by atoms with Gasteiger partial charge in [0.2, 0.25) is 5.91 Å². The normalized spacial score (nSPS) is 16.9. The Morgan fingerprint density at radius 1 is 1.07 bits per heavy atom. The first-order chi connectivity index (χ1) is 21.4. The molecule has 0 bridgehead atoms. The van der Waals surface area contributed by atoms with Crippen molar-refractivity contribution < 1.29 is 42.9 Å². The monoisotopic (exact) mass is 628 g/mol. The van der Waals surface area contributed by atoms with Gasteiger partial charge in [-0.1, -0.05) is 13.8 Å². The number of nitriles is 1. The van der Waals surface area contributed by atoms with Gasteiger partial charge in [0.1, 0.15) is 37.4 Å². The Kier molecular flexibility index (Phi) is 12.6. The molecule has 3 atom stereocenters. The van der Waals surface area contributed by atoms with E-state index in [1.54, 1.807) is 22.6 Å². The van der Waals surface area contributed by atoms with E-state index < -0.39 is 35.9 Å². The quantitative estimate of drug-likeness (QED) is 0.219. The zero-order valence-electron chi connectivity index (χ0n) is 26.3. The summed E-state index contributed by atoms with van der Waals surface area (Å²) in [7, 11) is 1.92. The number of hydrogen-bond donors (Lipinski definition) is 0. The van der Waals surface area contributed by atoms with Gasteiger partial charge in [0.25, 0.3) is 0 Å². The molecule has 0 radical (unpaired) electrons. The van der Waals surface area contributed by atoms with Gasteiger partial charge in [0.05, 0.1) is 17.5 Å². The highest BCUT2D eigenvalue weighted by molar-refractivity contribution is 5.88. The van der Waals surface area contributed by atoms with Crippen molar-refractivity contribution in [1.29, 1.82) is 5.26 Å². The van der Waals surface area contributed by atoms with Gasteiger partial charge < -0.3 is 28.7 Å². The highest BCUT2D eigenvalue weighted by Crippen LogP contribution is 2.29. The molecule has 1 fully saturated rings. The molecule has 0 spiro atoms. The molecule has 3 heterocycles. The molecule has 1 saturated heterocycles. The van der Waals surface area contributed by atoms with E-state index in [2.05, 4.69) is 16.9 Å². The van der Waals surface area contributed by atoms with E-state index in [-0.39, 0.29) is 57.1 Å². The molecule has 0 aromatic carbocycles. The van der Waals surface area contributed by atoms with Crippen LogP contribution in [0.3, 0.4) is 0 Å². The van der Waals surface area contributed by atoms with E-state index in [1.165, 1.54) is 20.2 Å². The largest absolute Gasteiger partial charge is 0.462 e. The summed E-state index contributed by atoms with van der Waals surface area (Å²) < 4.78 is 22.1. The lowest BCUT2D eigenvalue weighted by Crippen LogP contribution is -2.52. The Balaban J connectivity index is 1.56. The highest BCUT2D eigenvalue weighted by Gasteiger charge is 2.33. The second-order valence-corrected chi connectivity index (χ2v) is 11.2. The van der Waals surface area contributed by atoms with Gasteiger partial charge in [-0.05, 0) is 24.3 Å². The molecule has 0 N–H and O–H groups in total. The topological polar surface area (TPSA) is 183 Å². The summed E-state index contributed by atoms with van der Waals surface area (Å²) in [5.74, 6) is -1.97. The van der Waals surface area contributed by atoms with Crippen LogP contribution in [0.2, 0.25) is 0 Å². The molecule has 45 heavy (non-hydrogen) atoms. The lowest BCUT2D eigenvalue weighted by molar-refractivity contribution is -0.166. The molecule has 1 aliphatic heterocycles. The Morgan fingerprint density at radius 3 is 2.38 bits per heavy atom. The van der Waals surface area contributed by atoms with Crippen LogP contribution in [0, 0.1) is 23.2 Å². The molecule has 3 rings (SSSR count). The number of fused-ring (bicyclic) bond motifs is 1. The van der Waals surface area contributed by atoms with Crippen LogP contribution in [0.4, 0.5) is 5.82 Å². The molecule has 244 valence electrons. The zero-order chi connectivity index (χ0) is 33.1. The maximum absolute atomic E-state index is 12.6. The number of esters is 4. The predicted molar refractivity (Wildman–Crippen MR) is 158 cm³/mol. The summed E-state index contributed by atoms with van der Waals surface area (Å²) in [6, 6.07) is 3.74. The van der Waals surface area contributed by atoms with Crippen LogP contribution >= 0.6 is 0 Å². The van der Waals surface area contributed by atoms with Crippen molar-refractivity contribution in [3.63, 3.8) is 0 Å². The van der Waals surface area contributed by atoms with Gasteiger partial charge in [-0.3, -0.25) is 28.5 Å². The minimum Gasteiger partial charge on any atom is -0.462 e. The average molecular weight is 629 g/mol. The standard InChI is InChI=1S/C30H40N6O9/c1-19(13-28(41)45-23(15-42-21(3)37)16-43-22(4)38)12-27(40)44-18-36-11-8-24-29(32-17-33-30(24)36)34(5)25-14-35(10-7-20(25)2)26(39)6-9-31/h8,11,17,19-20,23,25H,6-7,10,12-16,18H2,1-5H3/t19?,20-,25+/m1/s1. The molecule has 15 nitrogen and oxygen atoms in total. The number of likely N-dealkylation sites (tertiary alicyclic amines) is 1. The van der Waals surface area contributed by atoms with Crippen molar-refractivity contribution in [1.82, 2.24) is 19.4 Å². The number of amides is 1. The van der Waals surface area contributed by atoms with Gasteiger partial charge in [0, 0.05) is 53.0 Å². The third kappa shape index (κ3) is 10.2. The smallest absolute Gasteiger partial charge is 0.307 e. The van der Waals surface area contributed by atoms with Crippen molar-refractivity contribution in [2.24, 2.45) is 11.8 Å². The molecular weight excluding hydrogens is 588 g/mol. The fourth-order valence-corrected chi connectivity index (χ4v) is 5.10.